The summed E-state index contributed by atoms with van der Waals surface area (Å²) in [6.07, 6.45) is -5.38. The number of carbonyl (C=O) groups excluding carboxylic acids is 2. The summed E-state index contributed by atoms with van der Waals surface area (Å²) in [5, 5.41) is 14.9. The second kappa shape index (κ2) is 8.40. The fourth-order valence-electron chi connectivity index (χ4n) is 3.70. The van der Waals surface area contributed by atoms with Crippen LogP contribution in [-0.2, 0) is 0 Å². The maximum absolute atomic E-state index is 14.0. The fraction of sp³-hybridized carbons (Fsp3) is 0.182. The Labute approximate surface area is 195 Å². The quantitative estimate of drug-likeness (QED) is 0.422. The van der Waals surface area contributed by atoms with Gasteiger partial charge in [0.25, 0.3) is 0 Å². The number of urea groups is 1. The van der Waals surface area contributed by atoms with E-state index in [2.05, 4.69) is 5.32 Å². The molecule has 2 amide bonds. The van der Waals surface area contributed by atoms with Gasteiger partial charge in [-0.2, -0.15) is 13.2 Å². The Morgan fingerprint density at radius 1 is 1.03 bits per heavy atom. The van der Waals surface area contributed by atoms with E-state index in [9.17, 15) is 27.9 Å². The average molecular weight is 499 g/mol. The first-order valence-electron chi connectivity index (χ1n) is 9.53. The Morgan fingerprint density at radius 2 is 1.70 bits per heavy atom. The zero-order valence-corrected chi connectivity index (χ0v) is 18.0. The first-order valence-corrected chi connectivity index (χ1v) is 10.3. The van der Waals surface area contributed by atoms with E-state index in [0.29, 0.717) is 10.6 Å². The summed E-state index contributed by atoms with van der Waals surface area (Å²) in [6.45, 7) is 0. The SMILES string of the molecule is O=C1N[C@H](c2ccc(-c3ccccc3Cl)o2)[C@H](C(=O)c2ccc(Cl)cc2)[C@](O)(C(F)(F)F)N1. The number of rotatable bonds is 4. The number of nitrogens with one attached hydrogen (secondary N) is 2. The van der Waals surface area contributed by atoms with E-state index in [0.717, 1.165) is 0 Å². The van der Waals surface area contributed by atoms with Gasteiger partial charge in [0.1, 0.15) is 23.5 Å². The fourth-order valence-corrected chi connectivity index (χ4v) is 4.05. The van der Waals surface area contributed by atoms with E-state index < -0.39 is 35.7 Å². The van der Waals surface area contributed by atoms with Crippen LogP contribution in [0.4, 0.5) is 18.0 Å². The molecule has 1 aliphatic rings. The molecule has 11 heteroatoms. The zero-order valence-electron chi connectivity index (χ0n) is 16.5. The minimum absolute atomic E-state index is 0.145. The van der Waals surface area contributed by atoms with Gasteiger partial charge in [-0.15, -0.1) is 0 Å². The Morgan fingerprint density at radius 3 is 2.33 bits per heavy atom. The molecule has 0 bridgehead atoms. The number of amides is 2. The lowest BCUT2D eigenvalue weighted by Crippen LogP contribution is -2.72. The first kappa shape index (κ1) is 23.2. The molecule has 3 N–H and O–H groups in total. The molecular weight excluding hydrogens is 484 g/mol. The van der Waals surface area contributed by atoms with Crippen LogP contribution in [0.1, 0.15) is 22.2 Å². The van der Waals surface area contributed by atoms with Crippen LogP contribution < -0.4 is 10.6 Å². The van der Waals surface area contributed by atoms with Crippen molar-refractivity contribution in [2.45, 2.75) is 17.9 Å². The monoisotopic (exact) mass is 498 g/mol. The predicted molar refractivity (Wildman–Crippen MR) is 114 cm³/mol. The van der Waals surface area contributed by atoms with E-state index in [4.69, 9.17) is 27.6 Å². The van der Waals surface area contributed by atoms with Gasteiger partial charge in [-0.3, -0.25) is 4.79 Å². The standard InChI is InChI=1S/C22H15Cl2F3N2O4/c23-12-7-5-11(6-8-12)19(30)17-18(28-20(31)29-21(17,32)22(25,26)27)16-10-9-15(33-16)13-3-1-2-4-14(13)24/h1-10,17-18,32H,(H2,28,29,31)/t17-,18-,21+/m1/s1. The number of ketones is 1. The molecule has 0 spiro atoms. The maximum Gasteiger partial charge on any atom is 0.437 e. The normalized spacial score (nSPS) is 23.0. The zero-order chi connectivity index (χ0) is 24.0. The van der Waals surface area contributed by atoms with Crippen LogP contribution in [0.2, 0.25) is 10.0 Å². The number of furan rings is 1. The summed E-state index contributed by atoms with van der Waals surface area (Å²) >= 11 is 12.0. The second-order valence-corrected chi connectivity index (χ2v) is 8.21. The first-order chi connectivity index (χ1) is 15.5. The van der Waals surface area contributed by atoms with Gasteiger partial charge in [-0.25, -0.2) is 4.79 Å². The van der Waals surface area contributed by atoms with E-state index in [1.54, 1.807) is 24.3 Å². The molecule has 33 heavy (non-hydrogen) atoms. The smallest absolute Gasteiger partial charge is 0.437 e. The van der Waals surface area contributed by atoms with E-state index >= 15 is 0 Å². The molecule has 1 aliphatic heterocycles. The third-order valence-corrected chi connectivity index (χ3v) is 5.87. The van der Waals surface area contributed by atoms with Crippen molar-refractivity contribution in [1.82, 2.24) is 10.6 Å². The van der Waals surface area contributed by atoms with Crippen molar-refractivity contribution in [2.24, 2.45) is 5.92 Å². The maximum atomic E-state index is 14.0. The topological polar surface area (TPSA) is 91.6 Å². The van der Waals surface area contributed by atoms with Crippen LogP contribution in [0.15, 0.2) is 65.1 Å². The van der Waals surface area contributed by atoms with Crippen LogP contribution in [0.25, 0.3) is 11.3 Å². The molecule has 0 unspecified atom stereocenters. The van der Waals surface area contributed by atoms with Crippen molar-refractivity contribution >= 4 is 35.0 Å². The number of hydrogen-bond donors (Lipinski definition) is 3. The highest BCUT2D eigenvalue weighted by Gasteiger charge is 2.66. The van der Waals surface area contributed by atoms with Gasteiger partial charge in [-0.05, 0) is 48.5 Å². The summed E-state index contributed by atoms with van der Waals surface area (Å²) in [5.74, 6) is -3.27. The third-order valence-electron chi connectivity index (χ3n) is 5.29. The highest BCUT2D eigenvalue weighted by atomic mass is 35.5. The Kier molecular flexibility index (Phi) is 5.90. The van der Waals surface area contributed by atoms with Crippen LogP contribution in [0, 0.1) is 5.92 Å². The van der Waals surface area contributed by atoms with E-state index in [1.165, 1.54) is 41.7 Å². The summed E-state index contributed by atoms with van der Waals surface area (Å²) in [4.78, 5) is 25.4. The second-order valence-electron chi connectivity index (χ2n) is 7.37. The van der Waals surface area contributed by atoms with Crippen molar-refractivity contribution in [1.29, 1.82) is 0 Å². The van der Waals surface area contributed by atoms with Gasteiger partial charge < -0.3 is 20.2 Å². The molecule has 0 saturated carbocycles. The lowest BCUT2D eigenvalue weighted by Gasteiger charge is -2.44. The van der Waals surface area contributed by atoms with Crippen LogP contribution in [0.5, 0.6) is 0 Å². The number of Topliss-reactive ketones (excluding diaryl/α,β-unsaturated/α-hetero) is 1. The summed E-state index contributed by atoms with van der Waals surface area (Å²) < 4.78 is 47.7. The number of alkyl halides is 3. The average Bonchev–Trinajstić information content (AvgIpc) is 3.23. The van der Waals surface area contributed by atoms with E-state index in [-0.39, 0.29) is 22.1 Å². The largest absolute Gasteiger partial charge is 0.459 e. The Balaban J connectivity index is 1.82. The van der Waals surface area contributed by atoms with Crippen molar-refractivity contribution < 1.29 is 32.3 Å². The number of carbonyl (C=O) groups is 2. The van der Waals surface area contributed by atoms with Gasteiger partial charge in [0.15, 0.2) is 5.78 Å². The van der Waals surface area contributed by atoms with Gasteiger partial charge in [0, 0.05) is 16.1 Å². The highest BCUT2D eigenvalue weighted by molar-refractivity contribution is 6.33. The molecule has 2 heterocycles. The molecule has 4 rings (SSSR count). The summed E-state index contributed by atoms with van der Waals surface area (Å²) in [5.41, 5.74) is -3.56. The van der Waals surface area contributed by atoms with Crippen LogP contribution in [-0.4, -0.2) is 28.8 Å². The molecule has 3 atom stereocenters. The van der Waals surface area contributed by atoms with Crippen LogP contribution in [0.3, 0.4) is 0 Å². The highest BCUT2D eigenvalue weighted by Crippen LogP contribution is 2.45. The van der Waals surface area contributed by atoms with Gasteiger partial charge in [0.2, 0.25) is 5.72 Å². The predicted octanol–water partition coefficient (Wildman–Crippen LogP) is 5.36. The minimum Gasteiger partial charge on any atom is -0.459 e. The number of benzene rings is 2. The molecule has 2 aromatic carbocycles. The molecule has 1 aromatic heterocycles. The minimum atomic E-state index is -5.38. The van der Waals surface area contributed by atoms with Gasteiger partial charge in [0.05, 0.1) is 5.02 Å². The summed E-state index contributed by atoms with van der Waals surface area (Å²) in [6, 6.07) is 11.5. The molecule has 0 radical (unpaired) electrons. The van der Waals surface area contributed by atoms with Crippen molar-refractivity contribution in [2.75, 3.05) is 0 Å². The number of hydrogen-bond acceptors (Lipinski definition) is 4. The Hall–Kier alpha value is -3.01. The van der Waals surface area contributed by atoms with Gasteiger partial charge >= 0.3 is 12.2 Å². The Bertz CT molecular complexity index is 1210. The molecular formula is C22H15Cl2F3N2O4. The summed E-state index contributed by atoms with van der Waals surface area (Å²) in [7, 11) is 0. The third kappa shape index (κ3) is 4.19. The molecule has 0 aliphatic carbocycles. The lowest BCUT2D eigenvalue weighted by molar-refractivity contribution is -0.288. The van der Waals surface area contributed by atoms with Gasteiger partial charge in [-0.1, -0.05) is 35.3 Å². The van der Waals surface area contributed by atoms with Crippen molar-refractivity contribution in [3.05, 3.63) is 82.0 Å². The van der Waals surface area contributed by atoms with Crippen molar-refractivity contribution in [3.63, 3.8) is 0 Å². The molecule has 6 nitrogen and oxygen atoms in total. The molecule has 1 fully saturated rings. The van der Waals surface area contributed by atoms with Crippen molar-refractivity contribution in [3.8, 4) is 11.3 Å². The molecule has 1 saturated heterocycles. The van der Waals surface area contributed by atoms with E-state index in [1.807, 2.05) is 0 Å². The molecule has 3 aromatic rings. The van der Waals surface area contributed by atoms with Crippen LogP contribution >= 0.6 is 23.2 Å². The lowest BCUT2D eigenvalue weighted by atomic mass is 9.79. The number of aliphatic hydroxyl groups is 1. The number of halogens is 5. The molecule has 172 valence electrons.